The summed E-state index contributed by atoms with van der Waals surface area (Å²) in [6.45, 7) is 2.52. The van der Waals surface area contributed by atoms with Crippen molar-refractivity contribution in [3.8, 4) is 0 Å². The van der Waals surface area contributed by atoms with E-state index in [1.165, 1.54) is 11.8 Å². The largest absolute Gasteiger partial charge is 0.361 e. The molecule has 0 unspecified atom stereocenters. The third-order valence-electron chi connectivity index (χ3n) is 3.34. The molecule has 2 aromatic rings. The molecule has 0 radical (unpaired) electrons. The molecule has 25 heavy (non-hydrogen) atoms. The van der Waals surface area contributed by atoms with E-state index in [2.05, 4.69) is 16.2 Å². The number of rotatable bonds is 6. The monoisotopic (exact) mass is 393 g/mol. The summed E-state index contributed by atoms with van der Waals surface area (Å²) in [5, 5.41) is 3.94. The standard InChI is InChI=1S/C18H20ClN3OS2/c1-13(25-16-5-3-2-4-6-16)17(23)21-22-18(24)20-12-11-14-7-9-15(19)10-8-14/h2-10,13H,11-12H2,1H3,(H,21,23)(H2,20,22,24)/t13-/m1/s1. The predicted molar refractivity (Wildman–Crippen MR) is 109 cm³/mol. The van der Waals surface area contributed by atoms with Gasteiger partial charge in [0.05, 0.1) is 5.25 Å². The van der Waals surface area contributed by atoms with E-state index >= 15 is 0 Å². The van der Waals surface area contributed by atoms with Gasteiger partial charge in [-0.1, -0.05) is 41.9 Å². The van der Waals surface area contributed by atoms with E-state index in [0.717, 1.165) is 21.9 Å². The van der Waals surface area contributed by atoms with E-state index in [1.54, 1.807) is 0 Å². The maximum atomic E-state index is 12.1. The van der Waals surface area contributed by atoms with Crippen LogP contribution in [0.1, 0.15) is 12.5 Å². The second kappa shape index (κ2) is 10.3. The van der Waals surface area contributed by atoms with E-state index in [-0.39, 0.29) is 11.2 Å². The summed E-state index contributed by atoms with van der Waals surface area (Å²) in [7, 11) is 0. The smallest absolute Gasteiger partial charge is 0.251 e. The molecule has 1 atom stereocenters. The maximum absolute atomic E-state index is 12.1. The van der Waals surface area contributed by atoms with E-state index in [1.807, 2.05) is 61.5 Å². The van der Waals surface area contributed by atoms with Gasteiger partial charge in [-0.2, -0.15) is 0 Å². The van der Waals surface area contributed by atoms with Crippen LogP contribution in [0.2, 0.25) is 5.02 Å². The van der Waals surface area contributed by atoms with Gasteiger partial charge < -0.3 is 5.32 Å². The molecule has 3 N–H and O–H groups in total. The molecule has 0 bridgehead atoms. The number of carbonyl (C=O) groups excluding carboxylic acids is 1. The van der Waals surface area contributed by atoms with Crippen LogP contribution in [0, 0.1) is 0 Å². The van der Waals surface area contributed by atoms with Crippen molar-refractivity contribution in [3.05, 3.63) is 65.2 Å². The lowest BCUT2D eigenvalue weighted by Crippen LogP contribution is -2.49. The van der Waals surface area contributed by atoms with Gasteiger partial charge in [-0.05, 0) is 55.4 Å². The molecule has 0 aromatic heterocycles. The highest BCUT2D eigenvalue weighted by atomic mass is 35.5. The first-order chi connectivity index (χ1) is 12.0. The van der Waals surface area contributed by atoms with E-state index in [4.69, 9.17) is 23.8 Å². The van der Waals surface area contributed by atoms with Gasteiger partial charge in [0.2, 0.25) is 0 Å². The molecule has 0 fully saturated rings. The number of nitrogens with one attached hydrogen (secondary N) is 3. The second-order valence-corrected chi connectivity index (χ2v) is 7.58. The topological polar surface area (TPSA) is 53.2 Å². The molecule has 0 heterocycles. The van der Waals surface area contributed by atoms with Crippen molar-refractivity contribution in [3.63, 3.8) is 0 Å². The molecule has 2 aromatic carbocycles. The number of amides is 1. The average molecular weight is 394 g/mol. The van der Waals surface area contributed by atoms with Crippen LogP contribution >= 0.6 is 35.6 Å². The molecular formula is C18H20ClN3OS2. The van der Waals surface area contributed by atoms with Crippen molar-refractivity contribution in [1.82, 2.24) is 16.2 Å². The van der Waals surface area contributed by atoms with Crippen molar-refractivity contribution in [2.45, 2.75) is 23.5 Å². The molecule has 0 saturated carbocycles. The Bertz CT molecular complexity index is 695. The summed E-state index contributed by atoms with van der Waals surface area (Å²) in [5.41, 5.74) is 6.52. The van der Waals surface area contributed by atoms with Crippen LogP contribution in [0.3, 0.4) is 0 Å². The molecule has 2 rings (SSSR count). The quantitative estimate of drug-likeness (QED) is 0.398. The zero-order valence-electron chi connectivity index (χ0n) is 13.8. The summed E-state index contributed by atoms with van der Waals surface area (Å²) in [6, 6.07) is 17.5. The number of benzene rings is 2. The molecular weight excluding hydrogens is 374 g/mol. The Labute approximate surface area is 162 Å². The summed E-state index contributed by atoms with van der Waals surface area (Å²) in [6.07, 6.45) is 0.813. The van der Waals surface area contributed by atoms with Crippen LogP contribution in [0.4, 0.5) is 0 Å². The Morgan fingerprint density at radius 1 is 1.12 bits per heavy atom. The van der Waals surface area contributed by atoms with Gasteiger partial charge in [-0.25, -0.2) is 0 Å². The highest BCUT2D eigenvalue weighted by molar-refractivity contribution is 8.00. The normalized spacial score (nSPS) is 11.4. The zero-order chi connectivity index (χ0) is 18.1. The van der Waals surface area contributed by atoms with Crippen LogP contribution in [-0.4, -0.2) is 22.8 Å². The fraction of sp³-hybridized carbons (Fsp3) is 0.222. The van der Waals surface area contributed by atoms with Gasteiger partial charge in [0.15, 0.2) is 5.11 Å². The van der Waals surface area contributed by atoms with Crippen molar-refractivity contribution in [1.29, 1.82) is 0 Å². The number of thioether (sulfide) groups is 1. The van der Waals surface area contributed by atoms with Gasteiger partial charge in [0.1, 0.15) is 0 Å². The molecule has 0 aliphatic rings. The first-order valence-corrected chi connectivity index (χ1v) is 9.51. The third-order valence-corrected chi connectivity index (χ3v) is 4.95. The molecule has 0 spiro atoms. The molecule has 0 aliphatic carbocycles. The number of thiocarbonyl (C=S) groups is 1. The third kappa shape index (κ3) is 7.34. The molecule has 0 aliphatic heterocycles. The lowest BCUT2D eigenvalue weighted by atomic mass is 10.1. The Hall–Kier alpha value is -1.76. The van der Waals surface area contributed by atoms with Crippen molar-refractivity contribution >= 4 is 46.6 Å². The van der Waals surface area contributed by atoms with Crippen LogP contribution in [0.25, 0.3) is 0 Å². The molecule has 132 valence electrons. The lowest BCUT2D eigenvalue weighted by Gasteiger charge is -2.15. The maximum Gasteiger partial charge on any atom is 0.251 e. The Balaban J connectivity index is 1.65. The average Bonchev–Trinajstić information content (AvgIpc) is 2.62. The van der Waals surface area contributed by atoms with E-state index in [0.29, 0.717) is 11.7 Å². The van der Waals surface area contributed by atoms with Crippen molar-refractivity contribution in [2.24, 2.45) is 0 Å². The minimum absolute atomic E-state index is 0.129. The zero-order valence-corrected chi connectivity index (χ0v) is 16.2. The van der Waals surface area contributed by atoms with Gasteiger partial charge in [-0.15, -0.1) is 11.8 Å². The minimum Gasteiger partial charge on any atom is -0.361 e. The summed E-state index contributed by atoms with van der Waals surface area (Å²) >= 11 is 12.5. The highest BCUT2D eigenvalue weighted by Crippen LogP contribution is 2.22. The first kappa shape index (κ1) is 19.6. The predicted octanol–water partition coefficient (Wildman–Crippen LogP) is 3.56. The van der Waals surface area contributed by atoms with E-state index in [9.17, 15) is 4.79 Å². The molecule has 0 saturated heterocycles. The summed E-state index contributed by atoms with van der Waals surface area (Å²) < 4.78 is 0. The van der Waals surface area contributed by atoms with Gasteiger partial charge in [0, 0.05) is 16.5 Å². The lowest BCUT2D eigenvalue weighted by molar-refractivity contribution is -0.120. The number of hydrogen-bond acceptors (Lipinski definition) is 3. The summed E-state index contributed by atoms with van der Waals surface area (Å²) in [5.74, 6) is -0.129. The number of hydrogen-bond donors (Lipinski definition) is 3. The number of hydrazine groups is 1. The Morgan fingerprint density at radius 2 is 1.80 bits per heavy atom. The van der Waals surface area contributed by atoms with Crippen molar-refractivity contribution < 1.29 is 4.79 Å². The van der Waals surface area contributed by atoms with Gasteiger partial charge in [0.25, 0.3) is 5.91 Å². The van der Waals surface area contributed by atoms with Gasteiger partial charge >= 0.3 is 0 Å². The Kier molecular flexibility index (Phi) is 8.04. The highest BCUT2D eigenvalue weighted by Gasteiger charge is 2.14. The first-order valence-electron chi connectivity index (χ1n) is 7.84. The van der Waals surface area contributed by atoms with Gasteiger partial charge in [-0.3, -0.25) is 15.6 Å². The minimum atomic E-state index is -0.230. The number of carbonyl (C=O) groups is 1. The van der Waals surface area contributed by atoms with Crippen LogP contribution in [0.5, 0.6) is 0 Å². The Morgan fingerprint density at radius 3 is 2.48 bits per heavy atom. The van der Waals surface area contributed by atoms with Crippen LogP contribution < -0.4 is 16.2 Å². The van der Waals surface area contributed by atoms with E-state index < -0.39 is 0 Å². The number of halogens is 1. The van der Waals surface area contributed by atoms with Crippen LogP contribution in [0.15, 0.2) is 59.5 Å². The SMILES string of the molecule is C[C@@H](Sc1ccccc1)C(=O)NNC(=S)NCCc1ccc(Cl)cc1. The summed E-state index contributed by atoms with van der Waals surface area (Å²) in [4.78, 5) is 13.1. The fourth-order valence-corrected chi connectivity index (χ4v) is 3.16. The molecule has 7 heteroatoms. The molecule has 4 nitrogen and oxygen atoms in total. The van der Waals surface area contributed by atoms with Crippen molar-refractivity contribution in [2.75, 3.05) is 6.54 Å². The van der Waals surface area contributed by atoms with Crippen LogP contribution in [-0.2, 0) is 11.2 Å². The second-order valence-electron chi connectivity index (χ2n) is 5.32. The molecule has 1 amide bonds. The fourth-order valence-electron chi connectivity index (χ4n) is 1.99.